The van der Waals surface area contributed by atoms with E-state index in [1.807, 2.05) is 31.2 Å². The number of alkyl halides is 3. The number of aliphatic hydroxyl groups excluding tert-OH is 1. The average molecular weight is 326 g/mol. The van der Waals surface area contributed by atoms with Crippen molar-refractivity contribution < 1.29 is 27.8 Å². The Bertz CT molecular complexity index is 668. The molecule has 0 fully saturated rings. The number of ether oxygens (including phenoxy) is 2. The molecule has 2 aromatic carbocycles. The molecule has 0 bridgehead atoms. The summed E-state index contributed by atoms with van der Waals surface area (Å²) in [6, 6.07) is 11.5. The van der Waals surface area contributed by atoms with Crippen molar-refractivity contribution in [1.29, 1.82) is 0 Å². The van der Waals surface area contributed by atoms with Gasteiger partial charge >= 0.3 is 6.18 Å². The van der Waals surface area contributed by atoms with E-state index in [1.54, 1.807) is 0 Å². The Kier molecular flexibility index (Phi) is 5.15. The van der Waals surface area contributed by atoms with Crippen LogP contribution in [-0.4, -0.2) is 18.4 Å². The molecule has 3 nitrogen and oxygen atoms in total. The van der Waals surface area contributed by atoms with Crippen LogP contribution in [0.5, 0.6) is 11.5 Å². The maximum absolute atomic E-state index is 12.8. The first-order valence-corrected chi connectivity index (χ1v) is 6.93. The van der Waals surface area contributed by atoms with Crippen molar-refractivity contribution in [3.63, 3.8) is 0 Å². The molecule has 0 aliphatic heterocycles. The van der Waals surface area contributed by atoms with Crippen LogP contribution in [0.1, 0.15) is 22.8 Å². The Morgan fingerprint density at radius 1 is 1.13 bits per heavy atom. The minimum atomic E-state index is -4.78. The molecule has 0 heterocycles. The first-order chi connectivity index (χ1) is 10.8. The first kappa shape index (κ1) is 17.1. The highest BCUT2D eigenvalue weighted by Crippen LogP contribution is 2.41. The van der Waals surface area contributed by atoms with Gasteiger partial charge in [0.25, 0.3) is 0 Å². The van der Waals surface area contributed by atoms with Crippen LogP contribution in [0.15, 0.2) is 42.5 Å². The van der Waals surface area contributed by atoms with Gasteiger partial charge in [-0.05, 0) is 18.6 Å². The molecule has 0 spiro atoms. The molecule has 0 saturated heterocycles. The molecule has 0 saturated carbocycles. The van der Waals surface area contributed by atoms with Crippen LogP contribution >= 0.6 is 0 Å². The number of aliphatic hydroxyl groups is 1. The third-order valence-corrected chi connectivity index (χ3v) is 3.30. The second-order valence-corrected chi connectivity index (χ2v) is 5.10. The fourth-order valence-corrected chi connectivity index (χ4v) is 2.20. The normalized spacial score (nSPS) is 12.8. The van der Waals surface area contributed by atoms with Gasteiger partial charge < -0.3 is 14.6 Å². The quantitative estimate of drug-likeness (QED) is 0.896. The molecule has 0 aromatic heterocycles. The van der Waals surface area contributed by atoms with Crippen LogP contribution in [0.2, 0.25) is 0 Å². The van der Waals surface area contributed by atoms with Crippen LogP contribution in [-0.2, 0) is 6.61 Å². The van der Waals surface area contributed by atoms with Crippen LogP contribution in [0.4, 0.5) is 13.2 Å². The lowest BCUT2D eigenvalue weighted by molar-refractivity contribution is -0.207. The molecule has 6 heteroatoms. The summed E-state index contributed by atoms with van der Waals surface area (Å²) in [5.74, 6) is 0.0276. The largest absolute Gasteiger partial charge is 0.493 e. The summed E-state index contributed by atoms with van der Waals surface area (Å²) in [6.07, 6.45) is -7.42. The van der Waals surface area contributed by atoms with E-state index in [-0.39, 0.29) is 23.7 Å². The molecule has 23 heavy (non-hydrogen) atoms. The molecule has 1 unspecified atom stereocenters. The van der Waals surface area contributed by atoms with Crippen molar-refractivity contribution in [3.8, 4) is 11.5 Å². The Hall–Kier alpha value is -2.21. The predicted octanol–water partition coefficient (Wildman–Crippen LogP) is 4.18. The third kappa shape index (κ3) is 4.16. The lowest BCUT2D eigenvalue weighted by atomic mass is 10.1. The Morgan fingerprint density at radius 2 is 1.83 bits per heavy atom. The van der Waals surface area contributed by atoms with Gasteiger partial charge in [0.2, 0.25) is 0 Å². The van der Waals surface area contributed by atoms with Gasteiger partial charge in [0.15, 0.2) is 17.6 Å². The van der Waals surface area contributed by atoms with Crippen LogP contribution in [0.25, 0.3) is 0 Å². The van der Waals surface area contributed by atoms with Crippen molar-refractivity contribution in [2.45, 2.75) is 25.8 Å². The molecule has 1 N–H and O–H groups in total. The number of methoxy groups -OCH3 is 1. The fourth-order valence-electron chi connectivity index (χ4n) is 2.20. The smallest absolute Gasteiger partial charge is 0.418 e. The Labute approximate surface area is 132 Å². The monoisotopic (exact) mass is 326 g/mol. The van der Waals surface area contributed by atoms with Gasteiger partial charge in [-0.2, -0.15) is 13.2 Å². The molecule has 2 aromatic rings. The van der Waals surface area contributed by atoms with Crippen molar-refractivity contribution >= 4 is 0 Å². The van der Waals surface area contributed by atoms with Gasteiger partial charge in [-0.1, -0.05) is 42.0 Å². The fraction of sp³-hybridized carbons (Fsp3) is 0.294. The van der Waals surface area contributed by atoms with Crippen molar-refractivity contribution in [3.05, 3.63) is 59.2 Å². The van der Waals surface area contributed by atoms with E-state index >= 15 is 0 Å². The Balaban J connectivity index is 2.32. The maximum Gasteiger partial charge on any atom is 0.418 e. The SMILES string of the molecule is COc1cccc(C(O)C(F)(F)F)c1OCc1cccc(C)c1. The van der Waals surface area contributed by atoms with Gasteiger partial charge in [-0.3, -0.25) is 0 Å². The predicted molar refractivity (Wildman–Crippen MR) is 79.5 cm³/mol. The summed E-state index contributed by atoms with van der Waals surface area (Å²) in [6.45, 7) is 1.98. The topological polar surface area (TPSA) is 38.7 Å². The summed E-state index contributed by atoms with van der Waals surface area (Å²) in [4.78, 5) is 0. The van der Waals surface area contributed by atoms with Gasteiger partial charge in [0.05, 0.1) is 7.11 Å². The van der Waals surface area contributed by atoms with Crippen LogP contribution in [0.3, 0.4) is 0 Å². The zero-order valence-corrected chi connectivity index (χ0v) is 12.7. The second-order valence-electron chi connectivity index (χ2n) is 5.10. The number of hydrogen-bond acceptors (Lipinski definition) is 3. The summed E-state index contributed by atoms with van der Waals surface area (Å²) < 4.78 is 49.0. The average Bonchev–Trinajstić information content (AvgIpc) is 2.51. The van der Waals surface area contributed by atoms with E-state index in [0.717, 1.165) is 11.1 Å². The highest BCUT2D eigenvalue weighted by molar-refractivity contribution is 5.48. The Morgan fingerprint density at radius 3 is 2.43 bits per heavy atom. The molecular weight excluding hydrogens is 309 g/mol. The number of hydrogen-bond donors (Lipinski definition) is 1. The first-order valence-electron chi connectivity index (χ1n) is 6.93. The maximum atomic E-state index is 12.8. The molecule has 0 radical (unpaired) electrons. The number of para-hydroxylation sites is 1. The number of benzene rings is 2. The second kappa shape index (κ2) is 6.91. The van der Waals surface area contributed by atoms with Gasteiger partial charge in [-0.25, -0.2) is 0 Å². The van der Waals surface area contributed by atoms with E-state index in [9.17, 15) is 18.3 Å². The lowest BCUT2D eigenvalue weighted by Crippen LogP contribution is -2.21. The van der Waals surface area contributed by atoms with Crippen molar-refractivity contribution in [2.24, 2.45) is 0 Å². The standard InChI is InChI=1S/C17H17F3O3/c1-11-5-3-6-12(9-11)10-23-15-13(16(21)17(18,19)20)7-4-8-14(15)22-2/h3-9,16,21H,10H2,1-2H3. The number of aryl methyl sites for hydroxylation is 1. The van der Waals surface area contributed by atoms with Gasteiger partial charge in [-0.15, -0.1) is 0 Å². The van der Waals surface area contributed by atoms with E-state index in [0.29, 0.717) is 0 Å². The number of rotatable bonds is 5. The summed E-state index contributed by atoms with van der Waals surface area (Å²) in [5.41, 5.74) is 1.45. The molecule has 1 atom stereocenters. The molecule has 124 valence electrons. The summed E-state index contributed by atoms with van der Waals surface area (Å²) >= 11 is 0. The third-order valence-electron chi connectivity index (χ3n) is 3.30. The highest BCUT2D eigenvalue weighted by atomic mass is 19.4. The van der Waals surface area contributed by atoms with E-state index in [2.05, 4.69) is 0 Å². The minimum absolute atomic E-state index is 0.0691. The molecule has 0 aliphatic carbocycles. The zero-order valence-electron chi connectivity index (χ0n) is 12.7. The van der Waals surface area contributed by atoms with Gasteiger partial charge in [0, 0.05) is 5.56 Å². The molecule has 0 amide bonds. The van der Waals surface area contributed by atoms with Crippen LogP contribution < -0.4 is 9.47 Å². The molecule has 0 aliphatic rings. The zero-order chi connectivity index (χ0) is 17.0. The minimum Gasteiger partial charge on any atom is -0.493 e. The summed E-state index contributed by atoms with van der Waals surface area (Å²) in [5, 5.41) is 9.54. The molecule has 2 rings (SSSR count). The van der Waals surface area contributed by atoms with E-state index in [1.165, 1.54) is 25.3 Å². The summed E-state index contributed by atoms with van der Waals surface area (Å²) in [7, 11) is 1.33. The lowest BCUT2D eigenvalue weighted by Gasteiger charge is -2.20. The van der Waals surface area contributed by atoms with Crippen molar-refractivity contribution in [2.75, 3.05) is 7.11 Å². The number of halogens is 3. The highest BCUT2D eigenvalue weighted by Gasteiger charge is 2.41. The van der Waals surface area contributed by atoms with Crippen molar-refractivity contribution in [1.82, 2.24) is 0 Å². The van der Waals surface area contributed by atoms with Gasteiger partial charge in [0.1, 0.15) is 6.61 Å². The van der Waals surface area contributed by atoms with E-state index < -0.39 is 12.3 Å². The van der Waals surface area contributed by atoms with Crippen LogP contribution in [0, 0.1) is 6.92 Å². The molecular formula is C17H17F3O3. The van der Waals surface area contributed by atoms with E-state index in [4.69, 9.17) is 9.47 Å².